The smallest absolute Gasteiger partial charge is 0.323 e. The molecule has 4 nitrogen and oxygen atoms in total. The van der Waals surface area contributed by atoms with Gasteiger partial charge in [-0.25, -0.2) is 0 Å². The first-order valence-electron chi connectivity index (χ1n) is 7.31. The minimum absolute atomic E-state index is 0.187. The third-order valence-corrected chi connectivity index (χ3v) is 4.12. The van der Waals surface area contributed by atoms with Crippen LogP contribution in [-0.2, 0) is 23.1 Å². The number of methoxy groups -OCH3 is 1. The standard InChI is InChI=1S/C17H24N2O2/c1-11(2)16(17(20)21-5)18-10-15-12(3)13-8-6-7-9-14(13)19(15)4/h6-9,11,16,18H,10H2,1-5H3. The second kappa shape index (κ2) is 6.31. The van der Waals surface area contributed by atoms with Gasteiger partial charge in [0.25, 0.3) is 0 Å². The molecule has 0 aliphatic rings. The Morgan fingerprint density at radius 2 is 2.00 bits per heavy atom. The summed E-state index contributed by atoms with van der Waals surface area (Å²) in [6, 6.07) is 8.07. The van der Waals surface area contributed by atoms with Crippen LogP contribution in [0.1, 0.15) is 25.1 Å². The van der Waals surface area contributed by atoms with E-state index in [9.17, 15) is 4.79 Å². The molecule has 0 saturated heterocycles. The number of carbonyl (C=O) groups is 1. The lowest BCUT2D eigenvalue weighted by atomic mass is 10.0. The summed E-state index contributed by atoms with van der Waals surface area (Å²) in [5.74, 6) is -0.0196. The lowest BCUT2D eigenvalue weighted by Crippen LogP contribution is -2.41. The van der Waals surface area contributed by atoms with Gasteiger partial charge in [0.15, 0.2) is 0 Å². The van der Waals surface area contributed by atoms with Gasteiger partial charge < -0.3 is 9.30 Å². The average Bonchev–Trinajstić information content (AvgIpc) is 2.72. The number of aromatic nitrogens is 1. The van der Waals surface area contributed by atoms with Crippen LogP contribution in [0.2, 0.25) is 0 Å². The molecule has 0 amide bonds. The molecule has 0 fully saturated rings. The highest BCUT2D eigenvalue weighted by Gasteiger charge is 2.23. The van der Waals surface area contributed by atoms with Crippen LogP contribution >= 0.6 is 0 Å². The van der Waals surface area contributed by atoms with Crippen LogP contribution in [0.3, 0.4) is 0 Å². The Morgan fingerprint density at radius 3 is 2.57 bits per heavy atom. The topological polar surface area (TPSA) is 43.3 Å². The van der Waals surface area contributed by atoms with E-state index in [0.29, 0.717) is 6.54 Å². The summed E-state index contributed by atoms with van der Waals surface area (Å²) in [7, 11) is 3.50. The van der Waals surface area contributed by atoms with E-state index in [1.54, 1.807) is 0 Å². The van der Waals surface area contributed by atoms with Gasteiger partial charge in [-0.1, -0.05) is 32.0 Å². The van der Waals surface area contributed by atoms with Gasteiger partial charge >= 0.3 is 5.97 Å². The van der Waals surface area contributed by atoms with Crippen molar-refractivity contribution in [3.05, 3.63) is 35.5 Å². The fraction of sp³-hybridized carbons (Fsp3) is 0.471. The molecule has 0 saturated carbocycles. The van der Waals surface area contributed by atoms with Gasteiger partial charge in [-0.05, 0) is 24.5 Å². The largest absolute Gasteiger partial charge is 0.468 e. The van der Waals surface area contributed by atoms with Gasteiger partial charge in [0.05, 0.1) is 7.11 Å². The molecule has 0 spiro atoms. The Kier molecular flexibility index (Phi) is 4.68. The summed E-state index contributed by atoms with van der Waals surface area (Å²) in [6.45, 7) is 6.81. The van der Waals surface area contributed by atoms with Crippen LogP contribution in [0, 0.1) is 12.8 Å². The van der Waals surface area contributed by atoms with Crippen molar-refractivity contribution in [3.8, 4) is 0 Å². The summed E-state index contributed by atoms with van der Waals surface area (Å²) in [4.78, 5) is 11.8. The fourth-order valence-electron chi connectivity index (χ4n) is 2.81. The van der Waals surface area contributed by atoms with E-state index in [1.807, 2.05) is 19.9 Å². The SMILES string of the molecule is COC(=O)C(NCc1c(C)c2ccccc2n1C)C(C)C. The minimum Gasteiger partial charge on any atom is -0.468 e. The molecule has 1 aromatic heterocycles. The van der Waals surface area contributed by atoms with Gasteiger partial charge in [0, 0.05) is 30.2 Å². The number of hydrogen-bond donors (Lipinski definition) is 1. The Morgan fingerprint density at radius 1 is 1.33 bits per heavy atom. The van der Waals surface area contributed by atoms with Gasteiger partial charge in [0.2, 0.25) is 0 Å². The number of benzene rings is 1. The quantitative estimate of drug-likeness (QED) is 0.860. The molecule has 1 heterocycles. The highest BCUT2D eigenvalue weighted by atomic mass is 16.5. The van der Waals surface area contributed by atoms with E-state index in [2.05, 4.69) is 42.1 Å². The third-order valence-electron chi connectivity index (χ3n) is 4.12. The second-order valence-electron chi connectivity index (χ2n) is 5.77. The van der Waals surface area contributed by atoms with Crippen molar-refractivity contribution in [2.45, 2.75) is 33.4 Å². The summed E-state index contributed by atoms with van der Waals surface area (Å²) in [6.07, 6.45) is 0. The normalized spacial score (nSPS) is 12.9. The number of nitrogens with one attached hydrogen (secondary N) is 1. The van der Waals surface area contributed by atoms with E-state index in [-0.39, 0.29) is 17.9 Å². The predicted octanol–water partition coefficient (Wildman–Crippen LogP) is 2.77. The minimum atomic E-state index is -0.285. The number of aryl methyl sites for hydroxylation is 2. The maximum Gasteiger partial charge on any atom is 0.323 e. The first kappa shape index (κ1) is 15.6. The van der Waals surface area contributed by atoms with E-state index >= 15 is 0 Å². The van der Waals surface area contributed by atoms with E-state index in [4.69, 9.17) is 4.74 Å². The maximum absolute atomic E-state index is 11.8. The van der Waals surface area contributed by atoms with Crippen molar-refractivity contribution < 1.29 is 9.53 Å². The van der Waals surface area contributed by atoms with Crippen molar-refractivity contribution in [3.63, 3.8) is 0 Å². The van der Waals surface area contributed by atoms with Crippen LogP contribution < -0.4 is 5.32 Å². The molecule has 2 aromatic rings. The highest BCUT2D eigenvalue weighted by Crippen LogP contribution is 2.24. The molecular weight excluding hydrogens is 264 g/mol. The van der Waals surface area contributed by atoms with E-state index in [0.717, 1.165) is 0 Å². The van der Waals surface area contributed by atoms with Crippen molar-refractivity contribution in [1.82, 2.24) is 9.88 Å². The van der Waals surface area contributed by atoms with Gasteiger partial charge in [-0.15, -0.1) is 0 Å². The molecule has 0 bridgehead atoms. The Labute approximate surface area is 126 Å². The Bertz CT molecular complexity index is 605. The van der Waals surface area contributed by atoms with Crippen LogP contribution in [0.25, 0.3) is 10.9 Å². The number of nitrogens with zero attached hydrogens (tertiary/aromatic N) is 1. The van der Waals surface area contributed by atoms with Crippen molar-refractivity contribution in [1.29, 1.82) is 0 Å². The zero-order valence-electron chi connectivity index (χ0n) is 13.4. The first-order chi connectivity index (χ1) is 9.97. The molecule has 0 aliphatic carbocycles. The lowest BCUT2D eigenvalue weighted by Gasteiger charge is -2.20. The zero-order chi connectivity index (χ0) is 15.6. The molecule has 4 heteroatoms. The number of ether oxygens (including phenoxy) is 1. The Balaban J connectivity index is 2.26. The highest BCUT2D eigenvalue weighted by molar-refractivity contribution is 5.85. The number of carbonyl (C=O) groups excluding carboxylic acids is 1. The third kappa shape index (κ3) is 2.95. The Hall–Kier alpha value is -1.81. The molecule has 1 aromatic carbocycles. The van der Waals surface area contributed by atoms with E-state index < -0.39 is 0 Å². The molecule has 2 rings (SSSR count). The maximum atomic E-state index is 11.8. The van der Waals surface area contributed by atoms with Crippen LogP contribution in [0.5, 0.6) is 0 Å². The summed E-state index contributed by atoms with van der Waals surface area (Å²) in [5, 5.41) is 4.59. The molecule has 1 N–H and O–H groups in total. The van der Waals surface area contributed by atoms with Gasteiger partial charge in [-0.2, -0.15) is 0 Å². The molecule has 21 heavy (non-hydrogen) atoms. The first-order valence-corrected chi connectivity index (χ1v) is 7.31. The molecule has 0 aliphatic heterocycles. The van der Waals surface area contributed by atoms with Crippen molar-refractivity contribution in [2.75, 3.05) is 7.11 Å². The van der Waals surface area contributed by atoms with Crippen LogP contribution in [0.15, 0.2) is 24.3 Å². The second-order valence-corrected chi connectivity index (χ2v) is 5.77. The van der Waals surface area contributed by atoms with Crippen molar-refractivity contribution in [2.24, 2.45) is 13.0 Å². The summed E-state index contributed by atoms with van der Waals surface area (Å²) >= 11 is 0. The fourth-order valence-corrected chi connectivity index (χ4v) is 2.81. The lowest BCUT2D eigenvalue weighted by molar-refractivity contribution is -0.144. The predicted molar refractivity (Wildman–Crippen MR) is 85.1 cm³/mol. The molecule has 114 valence electrons. The van der Waals surface area contributed by atoms with Gasteiger partial charge in [0.1, 0.15) is 6.04 Å². The molecule has 0 radical (unpaired) electrons. The zero-order valence-corrected chi connectivity index (χ0v) is 13.4. The number of rotatable bonds is 5. The van der Waals surface area contributed by atoms with Crippen LogP contribution in [0.4, 0.5) is 0 Å². The summed E-state index contributed by atoms with van der Waals surface area (Å²) in [5.41, 5.74) is 3.67. The van der Waals surface area contributed by atoms with Crippen LogP contribution in [-0.4, -0.2) is 23.7 Å². The van der Waals surface area contributed by atoms with E-state index in [1.165, 1.54) is 29.3 Å². The molecular formula is C17H24N2O2. The molecule has 1 unspecified atom stereocenters. The molecule has 1 atom stereocenters. The van der Waals surface area contributed by atoms with Crippen molar-refractivity contribution >= 4 is 16.9 Å². The number of hydrogen-bond acceptors (Lipinski definition) is 3. The number of esters is 1. The number of fused-ring (bicyclic) bond motifs is 1. The van der Waals surface area contributed by atoms with Gasteiger partial charge in [-0.3, -0.25) is 10.1 Å². The average molecular weight is 288 g/mol. The monoisotopic (exact) mass is 288 g/mol. The summed E-state index contributed by atoms with van der Waals surface area (Å²) < 4.78 is 7.06. The number of para-hydroxylation sites is 1.